The minimum absolute atomic E-state index is 0. The third kappa shape index (κ3) is 9.72. The first-order valence-electron chi connectivity index (χ1n) is 2.57. The van der Waals surface area contributed by atoms with E-state index in [-0.39, 0.29) is 25.5 Å². The summed E-state index contributed by atoms with van der Waals surface area (Å²) >= 11 is 0. The molecule has 0 aromatic heterocycles. The summed E-state index contributed by atoms with van der Waals surface area (Å²) in [5.41, 5.74) is 0. The van der Waals surface area contributed by atoms with Crippen molar-refractivity contribution >= 4 is 0 Å². The molecule has 0 atom stereocenters. The Kier molecular flexibility index (Phi) is 14.9. The quantitative estimate of drug-likeness (QED) is 0.281. The predicted octanol–water partition coefficient (Wildman–Crippen LogP) is -3.22. The molecule has 8 heavy (non-hydrogen) atoms. The molecule has 0 saturated heterocycles. The van der Waals surface area contributed by atoms with E-state index in [1.807, 2.05) is 6.92 Å². The van der Waals surface area contributed by atoms with E-state index in [2.05, 4.69) is 0 Å². The second-order valence-corrected chi connectivity index (χ2v) is 1.25. The molecule has 0 aromatic carbocycles. The third-order valence-electron chi connectivity index (χ3n) is 0.637. The normalized spacial score (nSPS) is 8.25. The molecular formula is C5H11LiO2. The van der Waals surface area contributed by atoms with E-state index in [4.69, 9.17) is 4.74 Å². The van der Waals surface area contributed by atoms with Crippen LogP contribution in [0.5, 0.6) is 0 Å². The van der Waals surface area contributed by atoms with E-state index in [9.17, 15) is 5.11 Å². The van der Waals surface area contributed by atoms with Crippen LogP contribution in [0.1, 0.15) is 13.3 Å². The van der Waals surface area contributed by atoms with Gasteiger partial charge in [0.1, 0.15) is 0 Å². The molecule has 0 aliphatic carbocycles. The van der Waals surface area contributed by atoms with Gasteiger partial charge in [-0.15, -0.1) is 6.61 Å². The molecule has 2 nitrogen and oxygen atoms in total. The molecule has 0 rings (SSSR count). The summed E-state index contributed by atoms with van der Waals surface area (Å²) in [5.74, 6) is 0. The largest absolute Gasteiger partial charge is 1.00 e. The maximum absolute atomic E-state index is 9.72. The van der Waals surface area contributed by atoms with Gasteiger partial charge in [-0.1, -0.05) is 0 Å². The van der Waals surface area contributed by atoms with Crippen LogP contribution < -0.4 is 24.0 Å². The zero-order chi connectivity index (χ0) is 5.54. The molecule has 0 N–H and O–H groups in total. The fourth-order valence-corrected chi connectivity index (χ4v) is 0.305. The number of hydrogen-bond donors (Lipinski definition) is 0. The SMILES string of the molecule is CCOCCC[O-].[Li+]. The predicted molar refractivity (Wildman–Crippen MR) is 26.0 cm³/mol. The van der Waals surface area contributed by atoms with Crippen molar-refractivity contribution in [2.24, 2.45) is 0 Å². The summed E-state index contributed by atoms with van der Waals surface area (Å²) < 4.78 is 4.87. The van der Waals surface area contributed by atoms with Gasteiger partial charge >= 0.3 is 18.9 Å². The van der Waals surface area contributed by atoms with Crippen molar-refractivity contribution in [3.05, 3.63) is 0 Å². The van der Waals surface area contributed by atoms with E-state index in [0.29, 0.717) is 13.0 Å². The maximum Gasteiger partial charge on any atom is 1.00 e. The molecule has 0 saturated carbocycles. The zero-order valence-corrected chi connectivity index (χ0v) is 5.64. The van der Waals surface area contributed by atoms with Crippen molar-refractivity contribution in [1.29, 1.82) is 0 Å². The topological polar surface area (TPSA) is 32.3 Å². The first-order valence-corrected chi connectivity index (χ1v) is 2.57. The maximum atomic E-state index is 9.72. The van der Waals surface area contributed by atoms with Crippen LogP contribution in [0.15, 0.2) is 0 Å². The molecule has 0 aliphatic rings. The summed E-state index contributed by atoms with van der Waals surface area (Å²) in [6.45, 7) is 3.25. The Balaban J connectivity index is 0. The molecular weight excluding hydrogens is 99.0 g/mol. The van der Waals surface area contributed by atoms with Crippen LogP contribution in [0, 0.1) is 0 Å². The summed E-state index contributed by atoms with van der Waals surface area (Å²) in [7, 11) is 0. The minimum Gasteiger partial charge on any atom is -0.854 e. The van der Waals surface area contributed by atoms with E-state index in [1.54, 1.807) is 0 Å². The minimum atomic E-state index is -0.0139. The van der Waals surface area contributed by atoms with Gasteiger partial charge in [-0.2, -0.15) is 0 Å². The summed E-state index contributed by atoms with van der Waals surface area (Å²) in [6.07, 6.45) is 0.647. The van der Waals surface area contributed by atoms with Crippen LogP contribution in [0.25, 0.3) is 0 Å². The van der Waals surface area contributed by atoms with Gasteiger partial charge in [-0.05, 0) is 13.3 Å². The molecule has 0 heterocycles. The Labute approximate surface area is 62.4 Å². The van der Waals surface area contributed by atoms with Gasteiger partial charge in [-0.25, -0.2) is 0 Å². The molecule has 3 heteroatoms. The van der Waals surface area contributed by atoms with Gasteiger partial charge in [-0.3, -0.25) is 0 Å². The molecule has 0 unspecified atom stereocenters. The summed E-state index contributed by atoms with van der Waals surface area (Å²) in [4.78, 5) is 0. The molecule has 44 valence electrons. The first kappa shape index (κ1) is 11.3. The van der Waals surface area contributed by atoms with E-state index >= 15 is 0 Å². The van der Waals surface area contributed by atoms with Crippen LogP contribution in [-0.2, 0) is 4.74 Å². The van der Waals surface area contributed by atoms with Crippen molar-refractivity contribution in [3.8, 4) is 0 Å². The van der Waals surface area contributed by atoms with E-state index in [1.165, 1.54) is 0 Å². The monoisotopic (exact) mass is 110 g/mol. The second kappa shape index (κ2) is 10.5. The van der Waals surface area contributed by atoms with Gasteiger partial charge in [0.05, 0.1) is 0 Å². The van der Waals surface area contributed by atoms with Crippen LogP contribution in [0.4, 0.5) is 0 Å². The second-order valence-electron chi connectivity index (χ2n) is 1.25. The van der Waals surface area contributed by atoms with E-state index in [0.717, 1.165) is 6.61 Å². The molecule has 0 aliphatic heterocycles. The van der Waals surface area contributed by atoms with Crippen molar-refractivity contribution in [3.63, 3.8) is 0 Å². The fourth-order valence-electron chi connectivity index (χ4n) is 0.305. The molecule has 0 aromatic rings. The Hall–Kier alpha value is 0.517. The smallest absolute Gasteiger partial charge is 0.854 e. The van der Waals surface area contributed by atoms with Crippen molar-refractivity contribution in [1.82, 2.24) is 0 Å². The molecule has 0 spiro atoms. The molecule has 0 amide bonds. The molecule has 0 fully saturated rings. The third-order valence-corrected chi connectivity index (χ3v) is 0.637. The molecule has 0 bridgehead atoms. The number of hydrogen-bond acceptors (Lipinski definition) is 2. The van der Waals surface area contributed by atoms with Gasteiger partial charge in [0.15, 0.2) is 0 Å². The molecule has 0 radical (unpaired) electrons. The van der Waals surface area contributed by atoms with Crippen LogP contribution >= 0.6 is 0 Å². The van der Waals surface area contributed by atoms with Gasteiger partial charge < -0.3 is 9.84 Å². The Bertz CT molecular complexity index is 29.6. The number of rotatable bonds is 4. The number of ether oxygens (including phenoxy) is 1. The Morgan fingerprint density at radius 1 is 1.50 bits per heavy atom. The van der Waals surface area contributed by atoms with Gasteiger partial charge in [0.25, 0.3) is 0 Å². The van der Waals surface area contributed by atoms with Gasteiger partial charge in [0, 0.05) is 13.2 Å². The standard InChI is InChI=1S/C5H11O2.Li/c1-2-7-5-3-4-6;/h2-5H2,1H3;/q-1;+1. The summed E-state index contributed by atoms with van der Waals surface area (Å²) in [6, 6.07) is 0. The van der Waals surface area contributed by atoms with Crippen molar-refractivity contribution < 1.29 is 28.7 Å². The summed E-state index contributed by atoms with van der Waals surface area (Å²) in [5, 5.41) is 9.72. The van der Waals surface area contributed by atoms with Crippen LogP contribution in [0.2, 0.25) is 0 Å². The first-order chi connectivity index (χ1) is 3.41. The fraction of sp³-hybridized carbons (Fsp3) is 1.00. The van der Waals surface area contributed by atoms with Crippen LogP contribution in [-0.4, -0.2) is 19.8 Å². The average molecular weight is 110 g/mol. The average Bonchev–Trinajstić information content (AvgIpc) is 1.69. The zero-order valence-electron chi connectivity index (χ0n) is 5.64. The Morgan fingerprint density at radius 2 is 2.12 bits per heavy atom. The van der Waals surface area contributed by atoms with Crippen LogP contribution in [0.3, 0.4) is 0 Å². The van der Waals surface area contributed by atoms with Crippen molar-refractivity contribution in [2.75, 3.05) is 19.8 Å². The van der Waals surface area contributed by atoms with Crippen molar-refractivity contribution in [2.45, 2.75) is 13.3 Å². The van der Waals surface area contributed by atoms with E-state index < -0.39 is 0 Å². The Morgan fingerprint density at radius 3 is 2.50 bits per heavy atom. The van der Waals surface area contributed by atoms with Gasteiger partial charge in [0.2, 0.25) is 0 Å².